The summed E-state index contributed by atoms with van der Waals surface area (Å²) in [5, 5.41) is 25.4. The number of nitriles is 2. The first-order valence-corrected chi connectivity index (χ1v) is 41.3. The van der Waals surface area contributed by atoms with Crippen molar-refractivity contribution in [2.45, 2.75) is 0 Å². The lowest BCUT2D eigenvalue weighted by atomic mass is 9.94. The molecule has 0 unspecified atom stereocenters. The van der Waals surface area contributed by atoms with Gasteiger partial charge in [0, 0.05) is 50.1 Å². The molecule has 3 heterocycles. The second kappa shape index (κ2) is 36.0. The Balaban J connectivity index is 0.000000123. The molecule has 126 heavy (non-hydrogen) atoms. The topological polar surface area (TPSA) is 168 Å². The molecule has 0 saturated heterocycles. The molecule has 0 bridgehead atoms. The number of para-hydroxylation sites is 1. The molecular weight excluding hydrogens is 1540 g/mol. The Morgan fingerprint density at radius 3 is 0.730 bits per heavy atom. The van der Waals surface area contributed by atoms with Crippen LogP contribution in [0.5, 0.6) is 0 Å². The SMILES string of the molecule is N#Cc1ccc(-c2cccc3cc(-c4ccc(-c5nc(-c6ccccc6)nc(-c6ccccc6)n5)cc4)ccc23)cc1.N#Cc1cccc(-c2cccc3cc(-c4ccc(-c5nc(-c6ccccc6)nc(-c6ccccc6)n5)cc4)ccc23)c1.[C-]#[N+]c1ccccc1-c1cccc2cc(-c3ccc(-c4nc(-c5ccccc5)nc(-c5ccccc5)n4)cc3)ccc12. The van der Waals surface area contributed by atoms with Crippen LogP contribution >= 0.6 is 0 Å². The third-order valence-electron chi connectivity index (χ3n) is 22.1. The highest BCUT2D eigenvalue weighted by Gasteiger charge is 2.19. The largest absolute Gasteiger partial charge is 0.238 e. The van der Waals surface area contributed by atoms with Crippen molar-refractivity contribution in [3.8, 4) is 181 Å². The van der Waals surface area contributed by atoms with Gasteiger partial charge in [-0.05, 0) is 142 Å². The van der Waals surface area contributed by atoms with Crippen LogP contribution in [0, 0.1) is 29.2 Å². The van der Waals surface area contributed by atoms with Crippen LogP contribution < -0.4 is 0 Å². The lowest BCUT2D eigenvalue weighted by Crippen LogP contribution is -2.00. The Hall–Kier alpha value is -17.8. The second-order valence-electron chi connectivity index (χ2n) is 30.1. The molecule has 12 heteroatoms. The van der Waals surface area contributed by atoms with Crippen molar-refractivity contribution >= 4 is 38.0 Å². The predicted molar refractivity (Wildman–Crippen MR) is 509 cm³/mol. The van der Waals surface area contributed by atoms with Crippen molar-refractivity contribution in [1.29, 1.82) is 10.5 Å². The van der Waals surface area contributed by atoms with E-state index in [1.807, 2.05) is 249 Å². The maximum atomic E-state index is 9.35. The first-order valence-electron chi connectivity index (χ1n) is 41.3. The van der Waals surface area contributed by atoms with Gasteiger partial charge in [-0.25, -0.2) is 49.7 Å². The van der Waals surface area contributed by atoms with Crippen molar-refractivity contribution in [3.63, 3.8) is 0 Å². The molecular formula is C114H72N12. The van der Waals surface area contributed by atoms with Gasteiger partial charge in [0.1, 0.15) is 0 Å². The van der Waals surface area contributed by atoms with Crippen LogP contribution in [0.3, 0.4) is 0 Å². The fourth-order valence-electron chi connectivity index (χ4n) is 15.7. The number of benzene rings is 18. The minimum Gasteiger partial charge on any atom is -0.238 e. The van der Waals surface area contributed by atoms with Gasteiger partial charge in [0.25, 0.3) is 0 Å². The third kappa shape index (κ3) is 17.1. The summed E-state index contributed by atoms with van der Waals surface area (Å²) in [6.07, 6.45) is 0. The molecule has 0 radical (unpaired) electrons. The van der Waals surface area contributed by atoms with Crippen molar-refractivity contribution in [2.24, 2.45) is 0 Å². The molecule has 21 rings (SSSR count). The Morgan fingerprint density at radius 1 is 0.175 bits per heavy atom. The Kier molecular flexibility index (Phi) is 22.3. The van der Waals surface area contributed by atoms with Gasteiger partial charge >= 0.3 is 0 Å². The molecule has 0 saturated carbocycles. The van der Waals surface area contributed by atoms with Gasteiger partial charge in [0.05, 0.1) is 29.8 Å². The summed E-state index contributed by atoms with van der Waals surface area (Å²) in [6.45, 7) is 7.59. The summed E-state index contributed by atoms with van der Waals surface area (Å²) in [7, 11) is 0. The molecule has 588 valence electrons. The fraction of sp³-hybridized carbons (Fsp3) is 0. The zero-order chi connectivity index (χ0) is 84.9. The molecule has 0 amide bonds. The summed E-state index contributed by atoms with van der Waals surface area (Å²) in [4.78, 5) is 47.2. The van der Waals surface area contributed by atoms with E-state index in [1.165, 1.54) is 5.39 Å². The molecule has 0 N–H and O–H groups in total. The van der Waals surface area contributed by atoms with E-state index in [0.29, 0.717) is 69.2 Å². The highest BCUT2D eigenvalue weighted by atomic mass is 15.1. The third-order valence-corrected chi connectivity index (χ3v) is 22.1. The first kappa shape index (κ1) is 78.1. The Labute approximate surface area is 729 Å². The molecule has 12 nitrogen and oxygen atoms in total. The zero-order valence-corrected chi connectivity index (χ0v) is 67.9. The summed E-state index contributed by atoms with van der Waals surface area (Å²) in [6, 6.07) is 151. The van der Waals surface area contributed by atoms with Crippen LogP contribution in [0.2, 0.25) is 0 Å². The lowest BCUT2D eigenvalue weighted by molar-refractivity contribution is 1.07. The quantitative estimate of drug-likeness (QED) is 0.0896. The number of aromatic nitrogens is 9. The minimum atomic E-state index is 0.635. The van der Waals surface area contributed by atoms with E-state index in [2.05, 4.69) is 205 Å². The Bertz CT molecular complexity index is 7500. The number of hydrogen-bond acceptors (Lipinski definition) is 11. The number of fused-ring (bicyclic) bond motifs is 3. The van der Waals surface area contributed by atoms with Crippen molar-refractivity contribution < 1.29 is 0 Å². The maximum Gasteiger partial charge on any atom is 0.194 e. The second-order valence-corrected chi connectivity index (χ2v) is 30.1. The molecule has 21 aromatic rings. The van der Waals surface area contributed by atoms with E-state index < -0.39 is 0 Å². The summed E-state index contributed by atoms with van der Waals surface area (Å²) >= 11 is 0. The number of rotatable bonds is 15. The molecule has 0 aliphatic heterocycles. The van der Waals surface area contributed by atoms with Gasteiger partial charge < -0.3 is 0 Å². The van der Waals surface area contributed by atoms with E-state index in [9.17, 15) is 5.26 Å². The van der Waals surface area contributed by atoms with Crippen molar-refractivity contribution in [3.05, 3.63) is 459 Å². The van der Waals surface area contributed by atoms with E-state index in [1.54, 1.807) is 0 Å². The maximum absolute atomic E-state index is 9.35. The lowest BCUT2D eigenvalue weighted by Gasteiger charge is -2.11. The zero-order valence-electron chi connectivity index (χ0n) is 67.9. The summed E-state index contributed by atoms with van der Waals surface area (Å²) < 4.78 is 0. The van der Waals surface area contributed by atoms with E-state index in [-0.39, 0.29) is 0 Å². The van der Waals surface area contributed by atoms with E-state index in [0.717, 1.165) is 144 Å². The van der Waals surface area contributed by atoms with Crippen LogP contribution in [0.15, 0.2) is 437 Å². The van der Waals surface area contributed by atoms with Gasteiger partial charge in [-0.3, -0.25) is 0 Å². The van der Waals surface area contributed by atoms with Gasteiger partial charge in [0.15, 0.2) is 58.1 Å². The average molecular weight is 1610 g/mol. The monoisotopic (exact) mass is 1610 g/mol. The van der Waals surface area contributed by atoms with Gasteiger partial charge in [-0.2, -0.15) is 10.5 Å². The standard InChI is InChI=1S/3C38H24N4/c1-39-35-18-9-8-16-34(35)33-17-10-15-31-25-30(23-24-32(31)33)26-19-21-29(22-20-26)38-41-36(27-11-4-2-5-12-27)40-37(42-38)28-13-6-3-7-14-28;39-25-26-9-7-14-32(23-26)34-16-8-15-33-24-31(21-22-35(33)34)27-17-19-30(20-18-27)38-41-36(28-10-3-1-4-11-28)40-37(42-38)29-12-5-2-6-13-29;39-25-26-14-16-28(17-15-26)34-13-7-12-33-24-32(22-23-35(33)34)27-18-20-31(21-19-27)38-41-36(29-8-3-1-4-9-29)40-37(42-38)30-10-5-2-6-11-30/h2-25H;2*1-24H. The molecule has 0 atom stereocenters. The van der Waals surface area contributed by atoms with Crippen molar-refractivity contribution in [2.75, 3.05) is 0 Å². The smallest absolute Gasteiger partial charge is 0.194 e. The number of hydrogen-bond donors (Lipinski definition) is 0. The van der Waals surface area contributed by atoms with Crippen LogP contribution in [0.25, 0.3) is 206 Å². The molecule has 0 fully saturated rings. The highest BCUT2D eigenvalue weighted by molar-refractivity contribution is 6.03. The van der Waals surface area contributed by atoms with Crippen LogP contribution in [0.1, 0.15) is 11.1 Å². The van der Waals surface area contributed by atoms with E-state index in [4.69, 9.17) is 56.7 Å². The normalized spacial score (nSPS) is 10.8. The molecule has 0 spiro atoms. The Morgan fingerprint density at radius 2 is 0.413 bits per heavy atom. The molecule has 0 aliphatic carbocycles. The molecule has 3 aromatic heterocycles. The predicted octanol–water partition coefficient (Wildman–Crippen LogP) is 28.4. The average Bonchev–Trinajstić information content (AvgIpc) is 0.799. The van der Waals surface area contributed by atoms with Gasteiger partial charge in [-0.1, -0.05) is 394 Å². The van der Waals surface area contributed by atoms with Crippen LogP contribution in [0.4, 0.5) is 5.69 Å². The first-order chi connectivity index (χ1) is 62.3. The molecule has 18 aromatic carbocycles. The number of nitrogens with zero attached hydrogens (tertiary/aromatic N) is 12. The summed E-state index contributed by atoms with van der Waals surface area (Å²) in [5.74, 6) is 5.80. The van der Waals surface area contributed by atoms with Crippen LogP contribution in [-0.4, -0.2) is 44.9 Å². The van der Waals surface area contributed by atoms with E-state index >= 15 is 0 Å². The minimum absolute atomic E-state index is 0.635. The van der Waals surface area contributed by atoms with Crippen LogP contribution in [-0.2, 0) is 0 Å². The van der Waals surface area contributed by atoms with Gasteiger partial charge in [-0.15, -0.1) is 0 Å². The van der Waals surface area contributed by atoms with Gasteiger partial charge in [0.2, 0.25) is 0 Å². The highest BCUT2D eigenvalue weighted by Crippen LogP contribution is 2.40. The molecule has 0 aliphatic rings. The summed E-state index contributed by atoms with van der Waals surface area (Å²) in [5.41, 5.74) is 23.6. The van der Waals surface area contributed by atoms with Crippen molar-refractivity contribution in [1.82, 2.24) is 44.9 Å². The fourth-order valence-corrected chi connectivity index (χ4v) is 15.7.